The van der Waals surface area contributed by atoms with E-state index in [-0.39, 0.29) is 5.78 Å². The average Bonchev–Trinajstić information content (AvgIpc) is 3.17. The van der Waals surface area contributed by atoms with Crippen molar-refractivity contribution in [2.75, 3.05) is 19.6 Å². The van der Waals surface area contributed by atoms with Gasteiger partial charge in [-0.1, -0.05) is 6.92 Å². The summed E-state index contributed by atoms with van der Waals surface area (Å²) >= 11 is 3.32. The maximum Gasteiger partial charge on any atom is 0.187 e. The molecule has 0 bridgehead atoms. The van der Waals surface area contributed by atoms with Crippen molar-refractivity contribution in [1.82, 2.24) is 4.90 Å². The molecule has 2 nitrogen and oxygen atoms in total. The molecule has 1 aliphatic rings. The van der Waals surface area contributed by atoms with Crippen LogP contribution in [0.25, 0.3) is 12.2 Å². The number of Topliss-reactive ketones (excluding diaryl/α,β-unsaturated/α-hetero) is 1. The van der Waals surface area contributed by atoms with Gasteiger partial charge >= 0.3 is 0 Å². The molecule has 1 saturated heterocycles. The fraction of sp³-hybridized carbons (Fsp3) is 0.278. The van der Waals surface area contributed by atoms with Crippen LogP contribution >= 0.6 is 22.7 Å². The predicted octanol–water partition coefficient (Wildman–Crippen LogP) is 4.57. The Bertz CT molecular complexity index is 625. The Balaban J connectivity index is 1.91. The van der Waals surface area contributed by atoms with Gasteiger partial charge in [0.1, 0.15) is 0 Å². The molecule has 0 spiro atoms. The lowest BCUT2D eigenvalue weighted by molar-refractivity contribution is -0.113. The third kappa shape index (κ3) is 3.64. The normalized spacial score (nSPS) is 20.1. The van der Waals surface area contributed by atoms with E-state index in [9.17, 15) is 4.79 Å². The zero-order valence-electron chi connectivity index (χ0n) is 12.6. The summed E-state index contributed by atoms with van der Waals surface area (Å²) in [6, 6.07) is 4.12. The van der Waals surface area contributed by atoms with E-state index in [0.29, 0.717) is 0 Å². The standard InChI is InChI=1S/C18H19NOS2/c1-2-5-19-10-16(8-14-3-6-21-12-14)18(20)17(11-19)9-15-4-7-22-13-15/h3-4,6-9,12-13H,2,5,10-11H2,1H3/b16-8-,17-9+. The Morgan fingerprint density at radius 3 is 2.00 bits per heavy atom. The van der Waals surface area contributed by atoms with E-state index in [2.05, 4.69) is 34.7 Å². The summed E-state index contributed by atoms with van der Waals surface area (Å²) in [5, 5.41) is 8.26. The number of carbonyl (C=O) groups excluding carboxylic acids is 1. The highest BCUT2D eigenvalue weighted by atomic mass is 32.1. The Labute approximate surface area is 139 Å². The number of likely N-dealkylation sites (tertiary alicyclic amines) is 1. The molecule has 0 saturated carbocycles. The number of hydrogen-bond donors (Lipinski definition) is 0. The minimum absolute atomic E-state index is 0.199. The first-order chi connectivity index (χ1) is 10.8. The molecule has 0 amide bonds. The van der Waals surface area contributed by atoms with Gasteiger partial charge in [0.15, 0.2) is 5.78 Å². The Morgan fingerprint density at radius 1 is 1.05 bits per heavy atom. The topological polar surface area (TPSA) is 20.3 Å². The average molecular weight is 329 g/mol. The number of nitrogens with zero attached hydrogens (tertiary/aromatic N) is 1. The molecule has 0 aromatic carbocycles. The van der Waals surface area contributed by atoms with Crippen molar-refractivity contribution >= 4 is 40.6 Å². The van der Waals surface area contributed by atoms with E-state index in [4.69, 9.17) is 0 Å². The first-order valence-corrected chi connectivity index (χ1v) is 9.37. The number of carbonyl (C=O) groups is 1. The predicted molar refractivity (Wildman–Crippen MR) is 96.3 cm³/mol. The van der Waals surface area contributed by atoms with Crippen LogP contribution in [-0.4, -0.2) is 30.3 Å². The summed E-state index contributed by atoms with van der Waals surface area (Å²) in [4.78, 5) is 15.1. The summed E-state index contributed by atoms with van der Waals surface area (Å²) in [6.45, 7) is 4.71. The van der Waals surface area contributed by atoms with Gasteiger partial charge in [-0.25, -0.2) is 0 Å². The smallest absolute Gasteiger partial charge is 0.187 e. The Hall–Kier alpha value is -1.49. The molecule has 0 atom stereocenters. The molecule has 0 radical (unpaired) electrons. The summed E-state index contributed by atoms with van der Waals surface area (Å²) < 4.78 is 0. The number of rotatable bonds is 4. The van der Waals surface area contributed by atoms with Gasteiger partial charge in [-0.15, -0.1) is 0 Å². The van der Waals surface area contributed by atoms with Gasteiger partial charge in [-0.05, 0) is 69.9 Å². The molecule has 2 aromatic heterocycles. The van der Waals surface area contributed by atoms with E-state index in [0.717, 1.165) is 48.3 Å². The van der Waals surface area contributed by atoms with Crippen LogP contribution in [0.4, 0.5) is 0 Å². The third-order valence-corrected chi connectivity index (χ3v) is 5.08. The van der Waals surface area contributed by atoms with E-state index in [1.807, 2.05) is 22.9 Å². The second kappa shape index (κ2) is 7.18. The molecule has 4 heteroatoms. The molecule has 114 valence electrons. The minimum atomic E-state index is 0.199. The lowest BCUT2D eigenvalue weighted by Crippen LogP contribution is -2.38. The van der Waals surface area contributed by atoms with E-state index >= 15 is 0 Å². The van der Waals surface area contributed by atoms with Crippen molar-refractivity contribution in [2.45, 2.75) is 13.3 Å². The van der Waals surface area contributed by atoms with Crippen molar-refractivity contribution < 1.29 is 4.79 Å². The van der Waals surface area contributed by atoms with Crippen LogP contribution in [-0.2, 0) is 4.79 Å². The van der Waals surface area contributed by atoms with E-state index < -0.39 is 0 Å². The second-order valence-electron chi connectivity index (χ2n) is 5.49. The molecular formula is C18H19NOS2. The largest absolute Gasteiger partial charge is 0.295 e. The van der Waals surface area contributed by atoms with Gasteiger partial charge in [-0.2, -0.15) is 22.7 Å². The van der Waals surface area contributed by atoms with Crippen molar-refractivity contribution in [3.63, 3.8) is 0 Å². The Kier molecular flexibility index (Phi) is 5.03. The molecule has 2 aromatic rings. The summed E-state index contributed by atoms with van der Waals surface area (Å²) in [7, 11) is 0. The van der Waals surface area contributed by atoms with Crippen LogP contribution in [0.2, 0.25) is 0 Å². The lowest BCUT2D eigenvalue weighted by Gasteiger charge is -2.29. The summed E-state index contributed by atoms with van der Waals surface area (Å²) in [6.07, 6.45) is 5.19. The molecule has 1 aliphatic heterocycles. The van der Waals surface area contributed by atoms with Crippen molar-refractivity contribution in [3.8, 4) is 0 Å². The van der Waals surface area contributed by atoms with Gasteiger partial charge in [0.25, 0.3) is 0 Å². The minimum Gasteiger partial charge on any atom is -0.295 e. The molecule has 0 N–H and O–H groups in total. The molecule has 0 unspecified atom stereocenters. The maximum atomic E-state index is 12.8. The molecule has 3 rings (SSSR count). The number of piperidine rings is 1. The molecule has 22 heavy (non-hydrogen) atoms. The highest BCUT2D eigenvalue weighted by Crippen LogP contribution is 2.23. The SMILES string of the molecule is CCCN1C/C(=C/c2ccsc2)C(=O)/C(=C/c2ccsc2)C1. The third-order valence-electron chi connectivity index (χ3n) is 3.68. The summed E-state index contributed by atoms with van der Waals surface area (Å²) in [5.74, 6) is 0.199. The lowest BCUT2D eigenvalue weighted by atomic mass is 9.95. The van der Waals surface area contributed by atoms with E-state index in [1.54, 1.807) is 22.7 Å². The molecule has 1 fully saturated rings. The van der Waals surface area contributed by atoms with Crippen LogP contribution < -0.4 is 0 Å². The highest BCUT2D eigenvalue weighted by Gasteiger charge is 2.25. The van der Waals surface area contributed by atoms with Gasteiger partial charge in [-0.3, -0.25) is 9.69 Å². The monoisotopic (exact) mass is 329 g/mol. The first kappa shape index (κ1) is 15.4. The quantitative estimate of drug-likeness (QED) is 0.766. The van der Waals surface area contributed by atoms with Crippen LogP contribution in [0.15, 0.2) is 44.8 Å². The van der Waals surface area contributed by atoms with Gasteiger partial charge in [0.2, 0.25) is 0 Å². The Morgan fingerprint density at radius 2 is 1.59 bits per heavy atom. The van der Waals surface area contributed by atoms with Gasteiger partial charge < -0.3 is 0 Å². The van der Waals surface area contributed by atoms with Crippen LogP contribution in [0, 0.1) is 0 Å². The van der Waals surface area contributed by atoms with Crippen molar-refractivity contribution in [2.24, 2.45) is 0 Å². The zero-order valence-corrected chi connectivity index (χ0v) is 14.3. The molecular weight excluding hydrogens is 310 g/mol. The summed E-state index contributed by atoms with van der Waals surface area (Å²) in [5.41, 5.74) is 4.06. The zero-order chi connectivity index (χ0) is 15.4. The maximum absolute atomic E-state index is 12.8. The van der Waals surface area contributed by atoms with Crippen LogP contribution in [0.3, 0.4) is 0 Å². The fourth-order valence-electron chi connectivity index (χ4n) is 2.70. The molecule has 0 aliphatic carbocycles. The van der Waals surface area contributed by atoms with E-state index in [1.165, 1.54) is 0 Å². The number of thiophene rings is 2. The highest BCUT2D eigenvalue weighted by molar-refractivity contribution is 7.08. The second-order valence-corrected chi connectivity index (χ2v) is 7.05. The van der Waals surface area contributed by atoms with Crippen molar-refractivity contribution in [3.05, 3.63) is 55.9 Å². The fourth-order valence-corrected chi connectivity index (χ4v) is 3.94. The van der Waals surface area contributed by atoms with Crippen LogP contribution in [0.5, 0.6) is 0 Å². The van der Waals surface area contributed by atoms with Gasteiger partial charge in [0.05, 0.1) is 0 Å². The number of ketones is 1. The van der Waals surface area contributed by atoms with Gasteiger partial charge in [0, 0.05) is 24.2 Å². The van der Waals surface area contributed by atoms with Crippen molar-refractivity contribution in [1.29, 1.82) is 0 Å². The van der Waals surface area contributed by atoms with Crippen LogP contribution in [0.1, 0.15) is 24.5 Å². The number of hydrogen-bond acceptors (Lipinski definition) is 4. The first-order valence-electron chi connectivity index (χ1n) is 7.49. The molecule has 3 heterocycles.